The Labute approximate surface area is 104 Å². The molecule has 0 bridgehead atoms. The van der Waals surface area contributed by atoms with Crippen molar-refractivity contribution >= 4 is 29.1 Å². The molecular formula is C13H12N2OS. The molecule has 3 nitrogen and oxygen atoms in total. The third-order valence-corrected chi connectivity index (χ3v) is 3.23. The molecule has 0 spiro atoms. The SMILES string of the molecule is CC(=NN(C=O)c1ccccc1)c1cccs1. The van der Waals surface area contributed by atoms with Crippen LogP contribution in [-0.4, -0.2) is 12.1 Å². The molecule has 0 aliphatic heterocycles. The maximum Gasteiger partial charge on any atom is 0.234 e. The molecule has 0 saturated heterocycles. The van der Waals surface area contributed by atoms with E-state index in [0.717, 1.165) is 16.3 Å². The smallest absolute Gasteiger partial charge is 0.234 e. The first-order valence-corrected chi connectivity index (χ1v) is 6.08. The fraction of sp³-hybridized carbons (Fsp3) is 0.0769. The monoisotopic (exact) mass is 244 g/mol. The van der Waals surface area contributed by atoms with Crippen molar-refractivity contribution in [1.29, 1.82) is 0 Å². The third kappa shape index (κ3) is 2.79. The number of benzene rings is 1. The van der Waals surface area contributed by atoms with E-state index in [1.165, 1.54) is 5.01 Å². The van der Waals surface area contributed by atoms with Gasteiger partial charge in [0.2, 0.25) is 6.41 Å². The van der Waals surface area contributed by atoms with Crippen LogP contribution in [0.25, 0.3) is 0 Å². The molecule has 0 unspecified atom stereocenters. The lowest BCUT2D eigenvalue weighted by atomic mass is 10.3. The highest BCUT2D eigenvalue weighted by Gasteiger charge is 2.04. The van der Waals surface area contributed by atoms with Crippen LogP contribution in [0.3, 0.4) is 0 Å². The van der Waals surface area contributed by atoms with Crippen molar-refractivity contribution in [2.75, 3.05) is 5.01 Å². The minimum absolute atomic E-state index is 0.715. The zero-order valence-corrected chi connectivity index (χ0v) is 10.2. The summed E-state index contributed by atoms with van der Waals surface area (Å²) in [6.07, 6.45) is 0.715. The minimum Gasteiger partial charge on any atom is -0.276 e. The lowest BCUT2D eigenvalue weighted by Gasteiger charge is -2.11. The minimum atomic E-state index is 0.715. The maximum atomic E-state index is 11.0. The summed E-state index contributed by atoms with van der Waals surface area (Å²) in [5.74, 6) is 0. The van der Waals surface area contributed by atoms with Crippen LogP contribution < -0.4 is 5.01 Å². The number of amides is 1. The molecule has 1 aromatic carbocycles. The van der Waals surface area contributed by atoms with E-state index in [2.05, 4.69) is 5.10 Å². The molecule has 4 heteroatoms. The van der Waals surface area contributed by atoms with Crippen LogP contribution in [0.2, 0.25) is 0 Å². The second kappa shape index (κ2) is 5.41. The lowest BCUT2D eigenvalue weighted by Crippen LogP contribution is -2.15. The van der Waals surface area contributed by atoms with E-state index in [0.29, 0.717) is 6.41 Å². The standard InChI is InChI=1S/C13H12N2OS/c1-11(13-8-5-9-17-13)14-15(10-16)12-6-3-2-4-7-12/h2-10H,1H3. The predicted molar refractivity (Wildman–Crippen MR) is 71.5 cm³/mol. The quantitative estimate of drug-likeness (QED) is 0.462. The zero-order valence-electron chi connectivity index (χ0n) is 9.41. The summed E-state index contributed by atoms with van der Waals surface area (Å²) in [6, 6.07) is 13.3. The highest BCUT2D eigenvalue weighted by molar-refractivity contribution is 7.12. The first-order chi connectivity index (χ1) is 8.31. The summed E-state index contributed by atoms with van der Waals surface area (Å²) >= 11 is 1.61. The molecule has 17 heavy (non-hydrogen) atoms. The molecule has 2 aromatic rings. The predicted octanol–water partition coefficient (Wildman–Crippen LogP) is 3.14. The number of para-hydroxylation sites is 1. The number of carbonyl (C=O) groups is 1. The van der Waals surface area contributed by atoms with Crippen molar-refractivity contribution < 1.29 is 4.79 Å². The van der Waals surface area contributed by atoms with Gasteiger partial charge in [-0.05, 0) is 30.5 Å². The number of thiophene rings is 1. The van der Waals surface area contributed by atoms with Crippen LogP contribution in [0.1, 0.15) is 11.8 Å². The molecule has 0 atom stereocenters. The van der Waals surface area contributed by atoms with Gasteiger partial charge in [-0.15, -0.1) is 11.3 Å². The third-order valence-electron chi connectivity index (χ3n) is 2.26. The average Bonchev–Trinajstić information content (AvgIpc) is 2.90. The number of hydrogen-bond donors (Lipinski definition) is 0. The molecule has 2 rings (SSSR count). The summed E-state index contributed by atoms with van der Waals surface area (Å²) < 4.78 is 0. The second-order valence-corrected chi connectivity index (χ2v) is 4.40. The van der Waals surface area contributed by atoms with Gasteiger partial charge in [0, 0.05) is 0 Å². The fourth-order valence-corrected chi connectivity index (χ4v) is 2.09. The van der Waals surface area contributed by atoms with Crippen LogP contribution in [0.15, 0.2) is 52.9 Å². The molecule has 0 aliphatic carbocycles. The number of nitrogens with zero attached hydrogens (tertiary/aromatic N) is 2. The van der Waals surface area contributed by atoms with Gasteiger partial charge in [-0.3, -0.25) is 4.79 Å². The molecule has 1 heterocycles. The van der Waals surface area contributed by atoms with Gasteiger partial charge in [0.1, 0.15) is 0 Å². The van der Waals surface area contributed by atoms with E-state index in [1.54, 1.807) is 11.3 Å². The topological polar surface area (TPSA) is 32.7 Å². The van der Waals surface area contributed by atoms with Crippen LogP contribution in [0, 0.1) is 0 Å². The molecule has 1 aromatic heterocycles. The number of hydrazone groups is 1. The van der Waals surface area contributed by atoms with Gasteiger partial charge >= 0.3 is 0 Å². The largest absolute Gasteiger partial charge is 0.276 e. The summed E-state index contributed by atoms with van der Waals surface area (Å²) in [6.45, 7) is 1.89. The molecule has 1 amide bonds. The van der Waals surface area contributed by atoms with Crippen LogP contribution in [0.4, 0.5) is 5.69 Å². The van der Waals surface area contributed by atoms with Gasteiger partial charge in [0.15, 0.2) is 0 Å². The van der Waals surface area contributed by atoms with Crippen molar-refractivity contribution in [2.45, 2.75) is 6.92 Å². The van der Waals surface area contributed by atoms with Crippen molar-refractivity contribution in [3.63, 3.8) is 0 Å². The second-order valence-electron chi connectivity index (χ2n) is 3.45. The molecule has 0 radical (unpaired) electrons. The van der Waals surface area contributed by atoms with Gasteiger partial charge in [-0.2, -0.15) is 5.10 Å². The van der Waals surface area contributed by atoms with Gasteiger partial charge in [-0.1, -0.05) is 24.3 Å². The van der Waals surface area contributed by atoms with Crippen LogP contribution in [0.5, 0.6) is 0 Å². The van der Waals surface area contributed by atoms with E-state index >= 15 is 0 Å². The number of rotatable bonds is 4. The molecular weight excluding hydrogens is 232 g/mol. The average molecular weight is 244 g/mol. The first-order valence-electron chi connectivity index (χ1n) is 5.20. The van der Waals surface area contributed by atoms with Crippen LogP contribution >= 0.6 is 11.3 Å². The Morgan fingerprint density at radius 2 is 2.00 bits per heavy atom. The van der Waals surface area contributed by atoms with E-state index in [9.17, 15) is 4.79 Å². The first kappa shape index (κ1) is 11.5. The summed E-state index contributed by atoms with van der Waals surface area (Å²) in [5.41, 5.74) is 1.59. The normalized spacial score (nSPS) is 11.2. The Balaban J connectivity index is 2.27. The highest BCUT2D eigenvalue weighted by atomic mass is 32.1. The van der Waals surface area contributed by atoms with E-state index in [4.69, 9.17) is 0 Å². The van der Waals surface area contributed by atoms with Crippen molar-refractivity contribution in [3.05, 3.63) is 52.7 Å². The summed E-state index contributed by atoms with van der Waals surface area (Å²) in [5, 5.41) is 7.63. The van der Waals surface area contributed by atoms with E-state index in [-0.39, 0.29) is 0 Å². The Bertz CT molecular complexity index is 505. The molecule has 0 aliphatic rings. The fourth-order valence-electron chi connectivity index (χ4n) is 1.42. The van der Waals surface area contributed by atoms with Crippen molar-refractivity contribution in [3.8, 4) is 0 Å². The van der Waals surface area contributed by atoms with E-state index in [1.807, 2.05) is 54.8 Å². The number of anilines is 1. The lowest BCUT2D eigenvalue weighted by molar-refractivity contribution is -0.107. The Kier molecular flexibility index (Phi) is 3.67. The summed E-state index contributed by atoms with van der Waals surface area (Å²) in [4.78, 5) is 12.1. The molecule has 0 fully saturated rings. The van der Waals surface area contributed by atoms with Gasteiger partial charge < -0.3 is 0 Å². The molecule has 86 valence electrons. The van der Waals surface area contributed by atoms with E-state index < -0.39 is 0 Å². The molecule has 0 saturated carbocycles. The van der Waals surface area contributed by atoms with Gasteiger partial charge in [0.25, 0.3) is 0 Å². The number of hydrogen-bond acceptors (Lipinski definition) is 3. The van der Waals surface area contributed by atoms with Gasteiger partial charge in [-0.25, -0.2) is 5.01 Å². The Morgan fingerprint density at radius 3 is 2.59 bits per heavy atom. The Morgan fingerprint density at radius 1 is 1.24 bits per heavy atom. The Hall–Kier alpha value is -1.94. The number of carbonyl (C=O) groups excluding carboxylic acids is 1. The van der Waals surface area contributed by atoms with Crippen molar-refractivity contribution in [1.82, 2.24) is 0 Å². The zero-order chi connectivity index (χ0) is 12.1. The summed E-state index contributed by atoms with van der Waals surface area (Å²) in [7, 11) is 0. The van der Waals surface area contributed by atoms with Crippen molar-refractivity contribution in [2.24, 2.45) is 5.10 Å². The molecule has 0 N–H and O–H groups in total. The maximum absolute atomic E-state index is 11.0. The van der Waals surface area contributed by atoms with Gasteiger partial charge in [0.05, 0.1) is 16.3 Å². The van der Waals surface area contributed by atoms with Crippen LogP contribution in [-0.2, 0) is 4.79 Å². The highest BCUT2D eigenvalue weighted by Crippen LogP contribution is 2.15.